The van der Waals surface area contributed by atoms with E-state index in [2.05, 4.69) is 10.3 Å². The largest absolute Gasteiger partial charge is 0.476 e. The van der Waals surface area contributed by atoms with E-state index in [1.54, 1.807) is 4.68 Å². The average Bonchev–Trinajstić information content (AvgIpc) is 2.80. The van der Waals surface area contributed by atoms with E-state index in [0.717, 1.165) is 19.3 Å². The van der Waals surface area contributed by atoms with Crippen LogP contribution in [-0.2, 0) is 5.41 Å². The predicted molar refractivity (Wildman–Crippen MR) is 64.6 cm³/mol. The zero-order chi connectivity index (χ0) is 13.5. The number of aromatic carboxylic acids is 1. The second kappa shape index (κ2) is 4.35. The maximum absolute atomic E-state index is 11.2. The molecule has 1 aromatic rings. The molecular formula is C12H19N3O3. The molecule has 0 amide bonds. The smallest absolute Gasteiger partial charge is 0.358 e. The number of carboxylic acid groups (broad SMARTS) is 1. The molecule has 1 saturated carbocycles. The zero-order valence-corrected chi connectivity index (χ0v) is 10.9. The highest BCUT2D eigenvalue weighted by molar-refractivity contribution is 5.86. The summed E-state index contributed by atoms with van der Waals surface area (Å²) in [5, 5.41) is 26.8. The highest BCUT2D eigenvalue weighted by Gasteiger charge is 2.35. The fourth-order valence-electron chi connectivity index (χ4n) is 2.57. The van der Waals surface area contributed by atoms with Gasteiger partial charge >= 0.3 is 5.97 Å². The summed E-state index contributed by atoms with van der Waals surface area (Å²) in [6.45, 7) is 5.78. The first kappa shape index (κ1) is 13.0. The van der Waals surface area contributed by atoms with Crippen molar-refractivity contribution in [1.82, 2.24) is 15.0 Å². The molecule has 0 bridgehead atoms. The molecule has 18 heavy (non-hydrogen) atoms. The van der Waals surface area contributed by atoms with Crippen molar-refractivity contribution in [3.05, 3.63) is 11.4 Å². The van der Waals surface area contributed by atoms with Gasteiger partial charge in [-0.15, -0.1) is 5.10 Å². The molecule has 0 aliphatic heterocycles. The Morgan fingerprint density at radius 2 is 2.06 bits per heavy atom. The molecule has 0 radical (unpaired) electrons. The van der Waals surface area contributed by atoms with Crippen molar-refractivity contribution in [3.8, 4) is 0 Å². The Hall–Kier alpha value is -1.43. The normalized spacial score (nSPS) is 24.4. The number of carbonyl (C=O) groups is 1. The van der Waals surface area contributed by atoms with Crippen LogP contribution in [0.1, 0.15) is 62.3 Å². The lowest BCUT2D eigenvalue weighted by molar-refractivity contribution is 0.0686. The minimum absolute atomic E-state index is 0.0124. The van der Waals surface area contributed by atoms with Crippen LogP contribution < -0.4 is 0 Å². The van der Waals surface area contributed by atoms with Crippen LogP contribution >= 0.6 is 0 Å². The SMILES string of the molecule is CC(C)(C)c1c(C(=O)O)nnn1C1CCCC1O. The summed E-state index contributed by atoms with van der Waals surface area (Å²) in [4.78, 5) is 11.2. The molecule has 100 valence electrons. The first-order chi connectivity index (χ1) is 8.32. The van der Waals surface area contributed by atoms with Crippen molar-refractivity contribution < 1.29 is 15.0 Å². The molecule has 0 spiro atoms. The molecule has 2 unspecified atom stereocenters. The monoisotopic (exact) mass is 253 g/mol. The summed E-state index contributed by atoms with van der Waals surface area (Å²) >= 11 is 0. The molecule has 2 rings (SSSR count). The molecule has 0 saturated heterocycles. The Kier molecular flexibility index (Phi) is 3.14. The van der Waals surface area contributed by atoms with Gasteiger partial charge in [-0.1, -0.05) is 26.0 Å². The van der Waals surface area contributed by atoms with E-state index in [1.807, 2.05) is 20.8 Å². The fourth-order valence-corrected chi connectivity index (χ4v) is 2.57. The Bertz CT molecular complexity index is 462. The summed E-state index contributed by atoms with van der Waals surface area (Å²) in [6.07, 6.45) is 2.01. The van der Waals surface area contributed by atoms with Crippen LogP contribution in [0.15, 0.2) is 0 Å². The minimum Gasteiger partial charge on any atom is -0.476 e. The van der Waals surface area contributed by atoms with Crippen molar-refractivity contribution in [2.24, 2.45) is 0 Å². The number of hydrogen-bond donors (Lipinski definition) is 2. The molecule has 2 atom stereocenters. The van der Waals surface area contributed by atoms with Crippen LogP contribution in [0.25, 0.3) is 0 Å². The van der Waals surface area contributed by atoms with Crippen LogP contribution in [0, 0.1) is 0 Å². The average molecular weight is 253 g/mol. The van der Waals surface area contributed by atoms with E-state index in [-0.39, 0.29) is 17.2 Å². The van der Waals surface area contributed by atoms with Crippen LogP contribution in [0.2, 0.25) is 0 Å². The van der Waals surface area contributed by atoms with E-state index in [4.69, 9.17) is 0 Å². The standard InChI is InChI=1S/C12H19N3O3/c1-12(2,3)10-9(11(17)18)13-14-15(10)7-5-4-6-8(7)16/h7-8,16H,4-6H2,1-3H3,(H,17,18). The van der Waals surface area contributed by atoms with Crippen molar-refractivity contribution in [3.63, 3.8) is 0 Å². The highest BCUT2D eigenvalue weighted by Crippen LogP contribution is 2.34. The zero-order valence-electron chi connectivity index (χ0n) is 10.9. The van der Waals surface area contributed by atoms with Gasteiger partial charge in [0.1, 0.15) is 0 Å². The van der Waals surface area contributed by atoms with Gasteiger partial charge in [-0.3, -0.25) is 0 Å². The van der Waals surface area contributed by atoms with Crippen molar-refractivity contribution in [2.45, 2.75) is 57.6 Å². The highest BCUT2D eigenvalue weighted by atomic mass is 16.4. The molecule has 6 heteroatoms. The number of aliphatic hydroxyl groups is 1. The molecule has 1 fully saturated rings. The molecule has 1 aliphatic carbocycles. The Morgan fingerprint density at radius 1 is 1.39 bits per heavy atom. The Morgan fingerprint density at radius 3 is 2.50 bits per heavy atom. The number of nitrogens with zero attached hydrogens (tertiary/aromatic N) is 3. The van der Waals surface area contributed by atoms with E-state index in [1.165, 1.54) is 0 Å². The third kappa shape index (κ3) is 2.12. The van der Waals surface area contributed by atoms with Gasteiger partial charge in [0.2, 0.25) is 0 Å². The van der Waals surface area contributed by atoms with Crippen LogP contribution in [0.3, 0.4) is 0 Å². The van der Waals surface area contributed by atoms with Crippen LogP contribution in [-0.4, -0.2) is 37.3 Å². The second-order valence-electron chi connectivity index (χ2n) is 5.85. The summed E-state index contributed by atoms with van der Waals surface area (Å²) in [5.74, 6) is -1.07. The third-order valence-electron chi connectivity index (χ3n) is 3.37. The van der Waals surface area contributed by atoms with E-state index in [9.17, 15) is 15.0 Å². The van der Waals surface area contributed by atoms with E-state index >= 15 is 0 Å². The maximum Gasteiger partial charge on any atom is 0.358 e. The Labute approximate surface area is 106 Å². The summed E-state index contributed by atoms with van der Waals surface area (Å²) in [7, 11) is 0. The summed E-state index contributed by atoms with van der Waals surface area (Å²) in [6, 6.07) is -0.153. The lowest BCUT2D eigenvalue weighted by Gasteiger charge is -2.24. The molecular weight excluding hydrogens is 234 g/mol. The number of aliphatic hydroxyl groups excluding tert-OH is 1. The lowest BCUT2D eigenvalue weighted by atomic mass is 9.89. The first-order valence-corrected chi connectivity index (χ1v) is 6.19. The van der Waals surface area contributed by atoms with Gasteiger partial charge in [0.05, 0.1) is 17.8 Å². The van der Waals surface area contributed by atoms with Gasteiger partial charge in [-0.25, -0.2) is 9.48 Å². The van der Waals surface area contributed by atoms with Crippen molar-refractivity contribution >= 4 is 5.97 Å². The predicted octanol–water partition coefficient (Wildman–Crippen LogP) is 1.36. The molecule has 6 nitrogen and oxygen atoms in total. The fraction of sp³-hybridized carbons (Fsp3) is 0.750. The van der Waals surface area contributed by atoms with Crippen molar-refractivity contribution in [2.75, 3.05) is 0 Å². The number of aromatic nitrogens is 3. The summed E-state index contributed by atoms with van der Waals surface area (Å²) < 4.78 is 1.61. The minimum atomic E-state index is -1.07. The number of carboxylic acids is 1. The van der Waals surface area contributed by atoms with Gasteiger partial charge in [0.25, 0.3) is 0 Å². The second-order valence-corrected chi connectivity index (χ2v) is 5.85. The van der Waals surface area contributed by atoms with Gasteiger partial charge < -0.3 is 10.2 Å². The van der Waals surface area contributed by atoms with Gasteiger partial charge in [0.15, 0.2) is 5.69 Å². The van der Waals surface area contributed by atoms with E-state index in [0.29, 0.717) is 5.69 Å². The maximum atomic E-state index is 11.2. The van der Waals surface area contributed by atoms with Gasteiger partial charge in [0, 0.05) is 5.41 Å². The molecule has 1 heterocycles. The molecule has 0 aromatic carbocycles. The van der Waals surface area contributed by atoms with E-state index < -0.39 is 12.1 Å². The first-order valence-electron chi connectivity index (χ1n) is 6.19. The number of hydrogen-bond acceptors (Lipinski definition) is 4. The molecule has 1 aliphatic rings. The quantitative estimate of drug-likeness (QED) is 0.830. The third-order valence-corrected chi connectivity index (χ3v) is 3.37. The number of rotatable bonds is 2. The van der Waals surface area contributed by atoms with Crippen molar-refractivity contribution in [1.29, 1.82) is 0 Å². The van der Waals surface area contributed by atoms with Gasteiger partial charge in [-0.05, 0) is 19.3 Å². The molecule has 2 N–H and O–H groups in total. The van der Waals surface area contributed by atoms with Crippen LogP contribution in [0.4, 0.5) is 0 Å². The summed E-state index contributed by atoms with van der Waals surface area (Å²) in [5.41, 5.74) is 0.196. The lowest BCUT2D eigenvalue weighted by Crippen LogP contribution is -2.27. The van der Waals surface area contributed by atoms with Crippen LogP contribution in [0.5, 0.6) is 0 Å². The van der Waals surface area contributed by atoms with Gasteiger partial charge in [-0.2, -0.15) is 0 Å². The Balaban J connectivity index is 2.51. The molecule has 1 aromatic heterocycles. The topological polar surface area (TPSA) is 88.2 Å².